The van der Waals surface area contributed by atoms with Crippen molar-refractivity contribution in [2.24, 2.45) is 0 Å². The summed E-state index contributed by atoms with van der Waals surface area (Å²) >= 11 is 1.62. The van der Waals surface area contributed by atoms with Crippen molar-refractivity contribution in [1.29, 1.82) is 0 Å². The Morgan fingerprint density at radius 2 is 2.13 bits per heavy atom. The van der Waals surface area contributed by atoms with E-state index in [0.29, 0.717) is 6.61 Å². The van der Waals surface area contributed by atoms with E-state index < -0.39 is 0 Å². The predicted octanol–water partition coefficient (Wildman–Crippen LogP) is 4.20. The molecular formula is C17H15N3O2S. The molecule has 0 radical (unpaired) electrons. The molecule has 0 atom stereocenters. The highest BCUT2D eigenvalue weighted by molar-refractivity contribution is 7.22. The van der Waals surface area contributed by atoms with Crippen molar-refractivity contribution in [2.75, 3.05) is 7.11 Å². The van der Waals surface area contributed by atoms with Crippen molar-refractivity contribution < 1.29 is 9.26 Å². The Bertz CT molecular complexity index is 940. The van der Waals surface area contributed by atoms with Crippen molar-refractivity contribution >= 4 is 21.6 Å². The van der Waals surface area contributed by atoms with Crippen LogP contribution in [-0.2, 0) is 11.3 Å². The maximum absolute atomic E-state index is 5.40. The summed E-state index contributed by atoms with van der Waals surface area (Å²) in [5, 5.41) is 5.22. The van der Waals surface area contributed by atoms with E-state index in [0.717, 1.165) is 37.7 Å². The molecule has 0 aliphatic heterocycles. The Morgan fingerprint density at radius 1 is 1.30 bits per heavy atom. The second-order valence-corrected chi connectivity index (χ2v) is 6.29. The van der Waals surface area contributed by atoms with Crippen LogP contribution in [-0.4, -0.2) is 21.8 Å². The molecule has 4 rings (SSSR count). The molecule has 4 aromatic heterocycles. The summed E-state index contributed by atoms with van der Waals surface area (Å²) < 4.78 is 12.5. The molecule has 0 unspecified atom stereocenters. The number of methoxy groups -OCH3 is 1. The van der Waals surface area contributed by atoms with Gasteiger partial charge in [0.2, 0.25) is 0 Å². The van der Waals surface area contributed by atoms with Gasteiger partial charge in [-0.3, -0.25) is 0 Å². The van der Waals surface area contributed by atoms with Gasteiger partial charge in [0.1, 0.15) is 16.8 Å². The third-order valence-electron chi connectivity index (χ3n) is 3.68. The molecule has 0 fully saturated rings. The van der Waals surface area contributed by atoms with Gasteiger partial charge >= 0.3 is 0 Å². The van der Waals surface area contributed by atoms with E-state index in [1.54, 1.807) is 24.7 Å². The molecule has 4 aromatic rings. The zero-order valence-electron chi connectivity index (χ0n) is 12.8. The number of fused-ring (bicyclic) bond motifs is 1. The van der Waals surface area contributed by atoms with Crippen LogP contribution >= 0.6 is 11.3 Å². The van der Waals surface area contributed by atoms with E-state index in [1.165, 1.54) is 0 Å². The molecule has 0 aromatic carbocycles. The van der Waals surface area contributed by atoms with Crippen LogP contribution < -0.4 is 0 Å². The number of hydrogen-bond donors (Lipinski definition) is 0. The third kappa shape index (κ3) is 2.36. The molecule has 23 heavy (non-hydrogen) atoms. The number of ether oxygens (including phenoxy) is 1. The van der Waals surface area contributed by atoms with Gasteiger partial charge in [-0.1, -0.05) is 5.16 Å². The number of hydrogen-bond acceptors (Lipinski definition) is 5. The molecule has 0 saturated heterocycles. The molecule has 0 saturated carbocycles. The van der Waals surface area contributed by atoms with Crippen LogP contribution in [0.3, 0.4) is 0 Å². The lowest BCUT2D eigenvalue weighted by Crippen LogP contribution is -1.97. The average Bonchev–Trinajstić information content (AvgIpc) is 3.27. The topological polar surface area (TPSA) is 53.1 Å². The van der Waals surface area contributed by atoms with Crippen molar-refractivity contribution in [3.8, 4) is 16.3 Å². The van der Waals surface area contributed by atoms with E-state index >= 15 is 0 Å². The number of pyridine rings is 1. The molecule has 6 heteroatoms. The van der Waals surface area contributed by atoms with Crippen LogP contribution in [0.4, 0.5) is 0 Å². The fourth-order valence-electron chi connectivity index (χ4n) is 2.80. The van der Waals surface area contributed by atoms with Gasteiger partial charge in [-0.05, 0) is 30.7 Å². The average molecular weight is 325 g/mol. The quantitative estimate of drug-likeness (QED) is 0.564. The Labute approximate surface area is 137 Å². The Hall–Kier alpha value is -2.44. The number of nitrogens with zero attached hydrogens (tertiary/aromatic N) is 3. The summed E-state index contributed by atoms with van der Waals surface area (Å²) in [6.45, 7) is 2.55. The minimum Gasteiger partial charge on any atom is -0.380 e. The molecule has 0 bridgehead atoms. The van der Waals surface area contributed by atoms with E-state index in [-0.39, 0.29) is 0 Å². The van der Waals surface area contributed by atoms with Crippen LogP contribution in [0.15, 0.2) is 47.4 Å². The van der Waals surface area contributed by atoms with Gasteiger partial charge in [0, 0.05) is 36.7 Å². The second-order valence-electron chi connectivity index (χ2n) is 5.29. The zero-order valence-corrected chi connectivity index (χ0v) is 13.6. The van der Waals surface area contributed by atoms with Gasteiger partial charge < -0.3 is 13.8 Å². The highest BCUT2D eigenvalue weighted by atomic mass is 32.1. The van der Waals surface area contributed by atoms with Crippen LogP contribution in [0.5, 0.6) is 0 Å². The monoisotopic (exact) mass is 325 g/mol. The first-order chi connectivity index (χ1) is 11.3. The number of thiophene rings is 1. The molecular weight excluding hydrogens is 310 g/mol. The Kier molecular flexibility index (Phi) is 3.48. The normalized spacial score (nSPS) is 11.4. The summed E-state index contributed by atoms with van der Waals surface area (Å²) in [6, 6.07) is 7.97. The second kappa shape index (κ2) is 5.64. The molecule has 0 spiro atoms. The summed E-state index contributed by atoms with van der Waals surface area (Å²) in [7, 11) is 1.71. The first-order valence-electron chi connectivity index (χ1n) is 7.24. The number of aromatic nitrogens is 3. The number of rotatable bonds is 4. The fraction of sp³-hybridized carbons (Fsp3) is 0.176. The molecule has 4 heterocycles. The van der Waals surface area contributed by atoms with Crippen LogP contribution in [0, 0.1) is 6.92 Å². The standard InChI is InChI=1S/C17H15N3O2S/c1-11-9-12(10-21-2)14-15(20-6-3-4-7-20)16(23-17(14)18-11)13-5-8-22-19-13/h3-9H,10H2,1-2H3. The van der Waals surface area contributed by atoms with Crippen molar-refractivity contribution in [3.63, 3.8) is 0 Å². The molecule has 0 N–H and O–H groups in total. The smallest absolute Gasteiger partial charge is 0.126 e. The Morgan fingerprint density at radius 3 is 2.83 bits per heavy atom. The van der Waals surface area contributed by atoms with Gasteiger partial charge in [-0.25, -0.2) is 4.98 Å². The summed E-state index contributed by atoms with van der Waals surface area (Å²) in [6.07, 6.45) is 5.65. The maximum Gasteiger partial charge on any atom is 0.126 e. The summed E-state index contributed by atoms with van der Waals surface area (Å²) in [5.41, 5.74) is 4.00. The molecule has 5 nitrogen and oxygen atoms in total. The first-order valence-corrected chi connectivity index (χ1v) is 8.05. The minimum atomic E-state index is 0.545. The van der Waals surface area contributed by atoms with Gasteiger partial charge in [0.25, 0.3) is 0 Å². The molecule has 0 amide bonds. The van der Waals surface area contributed by atoms with E-state index in [4.69, 9.17) is 14.2 Å². The highest BCUT2D eigenvalue weighted by Gasteiger charge is 2.21. The maximum atomic E-state index is 5.40. The van der Waals surface area contributed by atoms with Crippen LogP contribution in [0.25, 0.3) is 26.5 Å². The van der Waals surface area contributed by atoms with E-state index in [2.05, 4.69) is 15.8 Å². The molecule has 116 valence electrons. The largest absolute Gasteiger partial charge is 0.380 e. The minimum absolute atomic E-state index is 0.545. The van der Waals surface area contributed by atoms with Gasteiger partial charge in [0.05, 0.1) is 17.2 Å². The number of aryl methyl sites for hydroxylation is 1. The lowest BCUT2D eigenvalue weighted by molar-refractivity contribution is 0.186. The van der Waals surface area contributed by atoms with Gasteiger partial charge in [-0.2, -0.15) is 0 Å². The lowest BCUT2D eigenvalue weighted by Gasteiger charge is -2.08. The third-order valence-corrected chi connectivity index (χ3v) is 4.77. The van der Waals surface area contributed by atoms with Crippen molar-refractivity contribution in [2.45, 2.75) is 13.5 Å². The molecule has 0 aliphatic carbocycles. The van der Waals surface area contributed by atoms with Gasteiger partial charge in [0.15, 0.2) is 0 Å². The van der Waals surface area contributed by atoms with E-state index in [9.17, 15) is 0 Å². The SMILES string of the molecule is COCc1cc(C)nc2sc(-c3ccon3)c(-n3cccc3)c12. The predicted molar refractivity (Wildman–Crippen MR) is 89.9 cm³/mol. The molecule has 0 aliphatic rings. The summed E-state index contributed by atoms with van der Waals surface area (Å²) in [5.74, 6) is 0. The van der Waals surface area contributed by atoms with Crippen LogP contribution in [0.2, 0.25) is 0 Å². The fourth-order valence-corrected chi connectivity index (χ4v) is 4.03. The summed E-state index contributed by atoms with van der Waals surface area (Å²) in [4.78, 5) is 6.74. The zero-order chi connectivity index (χ0) is 15.8. The lowest BCUT2D eigenvalue weighted by atomic mass is 10.1. The van der Waals surface area contributed by atoms with Crippen LogP contribution in [0.1, 0.15) is 11.3 Å². The highest BCUT2D eigenvalue weighted by Crippen LogP contribution is 2.41. The first kappa shape index (κ1) is 14.2. The van der Waals surface area contributed by atoms with Gasteiger partial charge in [-0.15, -0.1) is 11.3 Å². The van der Waals surface area contributed by atoms with E-state index in [1.807, 2.05) is 37.5 Å². The van der Waals surface area contributed by atoms with Crippen molar-refractivity contribution in [1.82, 2.24) is 14.7 Å². The van der Waals surface area contributed by atoms with Crippen molar-refractivity contribution in [3.05, 3.63) is 54.2 Å². The Balaban J connectivity index is 2.10.